The number of amides is 1. The average molecular weight is 259 g/mol. The van der Waals surface area contributed by atoms with Gasteiger partial charge >= 0.3 is 6.18 Å². The fourth-order valence-electron chi connectivity index (χ4n) is 1.57. The summed E-state index contributed by atoms with van der Waals surface area (Å²) in [4.78, 5) is 11.4. The monoisotopic (exact) mass is 259 g/mol. The molecule has 3 nitrogen and oxygen atoms in total. The Labute approximate surface area is 102 Å². The van der Waals surface area contributed by atoms with Crippen molar-refractivity contribution in [2.45, 2.75) is 25.2 Å². The van der Waals surface area contributed by atoms with Crippen LogP contribution in [0.3, 0.4) is 0 Å². The molecule has 0 spiro atoms. The second-order valence-electron chi connectivity index (χ2n) is 4.18. The summed E-state index contributed by atoms with van der Waals surface area (Å²) in [5.74, 6) is -0.292. The largest absolute Gasteiger partial charge is 0.416 e. The molecule has 1 heterocycles. The molecular weight excluding hydrogens is 247 g/mol. The van der Waals surface area contributed by atoms with E-state index in [-0.39, 0.29) is 5.91 Å². The maximum Gasteiger partial charge on any atom is 0.416 e. The third kappa shape index (κ3) is 3.01. The summed E-state index contributed by atoms with van der Waals surface area (Å²) in [5.41, 5.74) is -0.303. The lowest BCUT2D eigenvalue weighted by Crippen LogP contribution is -2.30. The quantitative estimate of drug-likeness (QED) is 0.846. The second-order valence-corrected chi connectivity index (χ2v) is 4.18. The van der Waals surface area contributed by atoms with Crippen molar-refractivity contribution < 1.29 is 22.7 Å². The van der Waals surface area contributed by atoms with Crippen LogP contribution in [-0.4, -0.2) is 18.6 Å². The van der Waals surface area contributed by atoms with Crippen LogP contribution in [0.15, 0.2) is 24.3 Å². The van der Waals surface area contributed by atoms with E-state index in [1.165, 1.54) is 6.07 Å². The van der Waals surface area contributed by atoms with Crippen molar-refractivity contribution in [2.75, 3.05) is 6.61 Å². The van der Waals surface area contributed by atoms with Gasteiger partial charge in [0.05, 0.1) is 18.2 Å². The van der Waals surface area contributed by atoms with E-state index in [4.69, 9.17) is 4.74 Å². The Balaban J connectivity index is 2.09. The maximum atomic E-state index is 12.5. The highest BCUT2D eigenvalue weighted by Crippen LogP contribution is 2.30. The predicted molar refractivity (Wildman–Crippen MR) is 57.7 cm³/mol. The Hall–Kier alpha value is -1.56. The van der Waals surface area contributed by atoms with Crippen LogP contribution in [0, 0.1) is 0 Å². The molecule has 6 heteroatoms. The van der Waals surface area contributed by atoms with Crippen LogP contribution >= 0.6 is 0 Å². The molecule has 0 saturated carbocycles. The van der Waals surface area contributed by atoms with E-state index in [0.717, 1.165) is 12.1 Å². The van der Waals surface area contributed by atoms with E-state index < -0.39 is 23.9 Å². The first kappa shape index (κ1) is 12.9. The van der Waals surface area contributed by atoms with E-state index in [1.807, 2.05) is 0 Å². The molecule has 2 atom stereocenters. The average Bonchev–Trinajstić information content (AvgIpc) is 3.11. The van der Waals surface area contributed by atoms with Crippen LogP contribution in [0.5, 0.6) is 0 Å². The minimum absolute atomic E-state index is 0.292. The molecule has 0 aromatic heterocycles. The van der Waals surface area contributed by atoms with Gasteiger partial charge < -0.3 is 10.1 Å². The minimum Gasteiger partial charge on any atom is -0.363 e. The highest BCUT2D eigenvalue weighted by Gasteiger charge is 2.33. The Morgan fingerprint density at radius 3 is 2.72 bits per heavy atom. The number of hydrogen-bond acceptors (Lipinski definition) is 2. The number of carbonyl (C=O) groups is 1. The molecule has 0 radical (unpaired) electrons. The fourth-order valence-corrected chi connectivity index (χ4v) is 1.57. The van der Waals surface area contributed by atoms with Crippen molar-refractivity contribution in [1.29, 1.82) is 0 Å². The van der Waals surface area contributed by atoms with Gasteiger partial charge in [0.1, 0.15) is 0 Å². The molecule has 98 valence electrons. The smallest absolute Gasteiger partial charge is 0.363 e. The van der Waals surface area contributed by atoms with E-state index in [0.29, 0.717) is 12.2 Å². The van der Waals surface area contributed by atoms with E-state index in [1.54, 1.807) is 13.0 Å². The molecule has 2 unspecified atom stereocenters. The summed E-state index contributed by atoms with van der Waals surface area (Å²) in [6.45, 7) is 2.01. The third-order valence-electron chi connectivity index (χ3n) is 2.70. The normalized spacial score (nSPS) is 20.3. The zero-order valence-electron chi connectivity index (χ0n) is 9.62. The van der Waals surface area contributed by atoms with Crippen molar-refractivity contribution in [3.63, 3.8) is 0 Å². The molecule has 18 heavy (non-hydrogen) atoms. The lowest BCUT2D eigenvalue weighted by Gasteiger charge is -2.15. The van der Waals surface area contributed by atoms with Gasteiger partial charge in [-0.05, 0) is 24.6 Å². The number of carbonyl (C=O) groups excluding carboxylic acids is 1. The molecule has 1 aromatic carbocycles. The van der Waals surface area contributed by atoms with Crippen LogP contribution < -0.4 is 5.32 Å². The first-order valence-electron chi connectivity index (χ1n) is 5.47. The lowest BCUT2D eigenvalue weighted by molar-refractivity contribution is -0.137. The van der Waals surface area contributed by atoms with Crippen LogP contribution in [-0.2, 0) is 15.7 Å². The molecule has 1 saturated heterocycles. The maximum absolute atomic E-state index is 12.5. The first-order chi connectivity index (χ1) is 8.38. The van der Waals surface area contributed by atoms with Gasteiger partial charge in [-0.2, -0.15) is 13.2 Å². The highest BCUT2D eigenvalue weighted by molar-refractivity contribution is 5.83. The summed E-state index contributed by atoms with van der Waals surface area (Å²) >= 11 is 0. The molecule has 1 N–H and O–H groups in total. The molecule has 0 bridgehead atoms. The van der Waals surface area contributed by atoms with Crippen LogP contribution in [0.1, 0.15) is 24.1 Å². The van der Waals surface area contributed by atoms with Crippen molar-refractivity contribution >= 4 is 5.91 Å². The van der Waals surface area contributed by atoms with Crippen molar-refractivity contribution in [3.8, 4) is 0 Å². The van der Waals surface area contributed by atoms with Gasteiger partial charge in [0.15, 0.2) is 6.10 Å². The van der Waals surface area contributed by atoms with Gasteiger partial charge in [0.25, 0.3) is 5.91 Å². The Morgan fingerprint density at radius 1 is 1.50 bits per heavy atom. The zero-order chi connectivity index (χ0) is 13.3. The summed E-state index contributed by atoms with van der Waals surface area (Å²) < 4.78 is 42.4. The molecular formula is C12H12F3NO2. The number of benzene rings is 1. The molecule has 2 rings (SSSR count). The number of ether oxygens (including phenoxy) is 1. The standard InChI is InChI=1S/C12H12F3NO2/c1-7(16-11(17)10-6-18-10)8-3-2-4-9(5-8)12(13,14)15/h2-5,7,10H,6H2,1H3,(H,16,17). The third-order valence-corrected chi connectivity index (χ3v) is 2.70. The number of epoxide rings is 1. The van der Waals surface area contributed by atoms with E-state index in [9.17, 15) is 18.0 Å². The summed E-state index contributed by atoms with van der Waals surface area (Å²) in [6.07, 6.45) is -4.82. The van der Waals surface area contributed by atoms with Crippen molar-refractivity contribution in [3.05, 3.63) is 35.4 Å². The Morgan fingerprint density at radius 2 is 2.17 bits per heavy atom. The topological polar surface area (TPSA) is 41.6 Å². The summed E-state index contributed by atoms with van der Waals surface area (Å²) in [7, 11) is 0. The van der Waals surface area contributed by atoms with E-state index in [2.05, 4.69) is 5.32 Å². The number of hydrogen-bond donors (Lipinski definition) is 1. The lowest BCUT2D eigenvalue weighted by atomic mass is 10.0. The number of nitrogens with one attached hydrogen (secondary N) is 1. The molecule has 1 fully saturated rings. The van der Waals surface area contributed by atoms with Crippen molar-refractivity contribution in [2.24, 2.45) is 0 Å². The number of rotatable bonds is 3. The molecule has 1 aliphatic heterocycles. The van der Waals surface area contributed by atoms with Crippen LogP contribution in [0.4, 0.5) is 13.2 Å². The first-order valence-corrected chi connectivity index (χ1v) is 5.47. The second kappa shape index (κ2) is 4.61. The van der Waals surface area contributed by atoms with Gasteiger partial charge in [-0.1, -0.05) is 12.1 Å². The molecule has 1 amide bonds. The Kier molecular flexibility index (Phi) is 3.30. The minimum atomic E-state index is -4.38. The van der Waals surface area contributed by atoms with Gasteiger partial charge in [-0.25, -0.2) is 0 Å². The zero-order valence-corrected chi connectivity index (χ0v) is 9.62. The van der Waals surface area contributed by atoms with Crippen LogP contribution in [0.2, 0.25) is 0 Å². The van der Waals surface area contributed by atoms with Gasteiger partial charge in [-0.3, -0.25) is 4.79 Å². The fraction of sp³-hybridized carbons (Fsp3) is 0.417. The highest BCUT2D eigenvalue weighted by atomic mass is 19.4. The van der Waals surface area contributed by atoms with Crippen molar-refractivity contribution in [1.82, 2.24) is 5.32 Å². The predicted octanol–water partition coefficient (Wildman–Crippen LogP) is 2.28. The summed E-state index contributed by atoms with van der Waals surface area (Å²) in [6, 6.07) is 4.44. The van der Waals surface area contributed by atoms with Crippen LogP contribution in [0.25, 0.3) is 0 Å². The SMILES string of the molecule is CC(NC(=O)C1CO1)c1cccc(C(F)(F)F)c1. The van der Waals surface area contributed by atoms with E-state index >= 15 is 0 Å². The molecule has 0 aliphatic carbocycles. The van der Waals surface area contributed by atoms with Gasteiger partial charge in [-0.15, -0.1) is 0 Å². The summed E-state index contributed by atoms with van der Waals surface area (Å²) in [5, 5.41) is 2.61. The number of alkyl halides is 3. The molecule has 1 aliphatic rings. The number of halogens is 3. The van der Waals surface area contributed by atoms with Gasteiger partial charge in [0.2, 0.25) is 0 Å². The van der Waals surface area contributed by atoms with Gasteiger partial charge in [0, 0.05) is 0 Å². The molecule has 1 aromatic rings. The Bertz CT molecular complexity index is 455.